The molecule has 2 unspecified atom stereocenters. The third-order valence-corrected chi connectivity index (χ3v) is 3.49. The predicted molar refractivity (Wildman–Crippen MR) is 48.1 cm³/mol. The summed E-state index contributed by atoms with van der Waals surface area (Å²) in [4.78, 5) is 0. The van der Waals surface area contributed by atoms with Crippen LogP contribution in [-0.2, 0) is 10.0 Å². The highest BCUT2D eigenvalue weighted by Gasteiger charge is 2.36. The first-order valence-electron chi connectivity index (χ1n) is 4.16. The molecule has 72 valence electrons. The van der Waals surface area contributed by atoms with Gasteiger partial charge in [0.15, 0.2) is 0 Å². The number of hydrogen-bond acceptors (Lipinski definition) is 3. The standard InChI is InChI=1S/C7H16N2O2S/c1-5(2)4-12(10,11)9-7-3-6(7)8/h5-7,9H,3-4,8H2,1-2H3. The Bertz CT molecular complexity index is 248. The van der Waals surface area contributed by atoms with Gasteiger partial charge in [-0.2, -0.15) is 0 Å². The maximum atomic E-state index is 11.3. The molecule has 0 amide bonds. The smallest absolute Gasteiger partial charge is 0.212 e. The average Bonchev–Trinajstić information content (AvgIpc) is 2.40. The van der Waals surface area contributed by atoms with Crippen LogP contribution in [0, 0.1) is 5.92 Å². The third-order valence-electron chi connectivity index (χ3n) is 1.72. The van der Waals surface area contributed by atoms with Gasteiger partial charge in [-0.3, -0.25) is 0 Å². The highest BCUT2D eigenvalue weighted by Crippen LogP contribution is 2.19. The molecule has 4 nitrogen and oxygen atoms in total. The zero-order valence-electron chi connectivity index (χ0n) is 7.45. The van der Waals surface area contributed by atoms with Crippen LogP contribution in [0.2, 0.25) is 0 Å². The second kappa shape index (κ2) is 3.32. The molecule has 0 saturated heterocycles. The number of sulfonamides is 1. The molecule has 1 rings (SSSR count). The number of rotatable bonds is 4. The van der Waals surface area contributed by atoms with Crippen molar-refractivity contribution in [3.8, 4) is 0 Å². The molecule has 5 heteroatoms. The molecule has 1 saturated carbocycles. The van der Waals surface area contributed by atoms with Crippen LogP contribution >= 0.6 is 0 Å². The van der Waals surface area contributed by atoms with Crippen molar-refractivity contribution < 1.29 is 8.42 Å². The summed E-state index contributed by atoms with van der Waals surface area (Å²) in [5.74, 6) is 0.355. The largest absolute Gasteiger partial charge is 0.326 e. The van der Waals surface area contributed by atoms with E-state index >= 15 is 0 Å². The van der Waals surface area contributed by atoms with Crippen LogP contribution in [0.1, 0.15) is 20.3 Å². The van der Waals surface area contributed by atoms with Crippen LogP contribution in [0.5, 0.6) is 0 Å². The maximum absolute atomic E-state index is 11.3. The van der Waals surface area contributed by atoms with Crippen molar-refractivity contribution in [3.63, 3.8) is 0 Å². The van der Waals surface area contributed by atoms with Gasteiger partial charge in [0.05, 0.1) is 5.75 Å². The Morgan fingerprint density at radius 3 is 2.42 bits per heavy atom. The molecule has 0 aromatic heterocycles. The molecule has 1 aliphatic carbocycles. The van der Waals surface area contributed by atoms with Crippen LogP contribution in [-0.4, -0.2) is 26.3 Å². The van der Waals surface area contributed by atoms with Gasteiger partial charge in [-0.15, -0.1) is 0 Å². The molecule has 0 heterocycles. The van der Waals surface area contributed by atoms with Gasteiger partial charge in [0.2, 0.25) is 10.0 Å². The summed E-state index contributed by atoms with van der Waals surface area (Å²) in [5.41, 5.74) is 5.48. The van der Waals surface area contributed by atoms with Crippen LogP contribution < -0.4 is 10.5 Å². The van der Waals surface area contributed by atoms with Crippen molar-refractivity contribution in [2.45, 2.75) is 32.4 Å². The molecule has 12 heavy (non-hydrogen) atoms. The zero-order chi connectivity index (χ0) is 9.35. The minimum atomic E-state index is -3.08. The molecule has 0 bridgehead atoms. The topological polar surface area (TPSA) is 72.2 Å². The normalized spacial score (nSPS) is 29.3. The molecular formula is C7H16N2O2S. The fourth-order valence-electron chi connectivity index (χ4n) is 1.07. The zero-order valence-corrected chi connectivity index (χ0v) is 8.26. The lowest BCUT2D eigenvalue weighted by atomic mass is 10.3. The molecule has 0 spiro atoms. The van der Waals surface area contributed by atoms with E-state index in [0.717, 1.165) is 6.42 Å². The fourth-order valence-corrected chi connectivity index (χ4v) is 2.77. The summed E-state index contributed by atoms with van der Waals surface area (Å²) < 4.78 is 25.1. The molecule has 0 aliphatic heterocycles. The van der Waals surface area contributed by atoms with E-state index in [1.54, 1.807) is 0 Å². The Morgan fingerprint density at radius 1 is 1.58 bits per heavy atom. The first-order chi connectivity index (χ1) is 5.41. The minimum Gasteiger partial charge on any atom is -0.326 e. The van der Waals surface area contributed by atoms with Gasteiger partial charge in [-0.25, -0.2) is 13.1 Å². The number of nitrogens with two attached hydrogens (primary N) is 1. The quantitative estimate of drug-likeness (QED) is 0.640. The van der Waals surface area contributed by atoms with Crippen molar-refractivity contribution in [1.82, 2.24) is 4.72 Å². The van der Waals surface area contributed by atoms with Crippen molar-refractivity contribution in [2.75, 3.05) is 5.75 Å². The van der Waals surface area contributed by atoms with Gasteiger partial charge in [0.1, 0.15) is 0 Å². The van der Waals surface area contributed by atoms with E-state index in [1.165, 1.54) is 0 Å². The summed E-state index contributed by atoms with van der Waals surface area (Å²) in [7, 11) is -3.08. The molecule has 3 N–H and O–H groups in total. The minimum absolute atomic E-state index is 0.00579. The lowest BCUT2D eigenvalue weighted by Gasteiger charge is -2.07. The van der Waals surface area contributed by atoms with E-state index < -0.39 is 10.0 Å². The van der Waals surface area contributed by atoms with Gasteiger partial charge in [0.25, 0.3) is 0 Å². The Hall–Kier alpha value is -0.130. The van der Waals surface area contributed by atoms with Crippen molar-refractivity contribution >= 4 is 10.0 Å². The summed E-state index contributed by atoms with van der Waals surface area (Å²) in [6, 6.07) is 0.0284. The summed E-state index contributed by atoms with van der Waals surface area (Å²) >= 11 is 0. The van der Waals surface area contributed by atoms with Crippen molar-refractivity contribution in [3.05, 3.63) is 0 Å². The van der Waals surface area contributed by atoms with Crippen molar-refractivity contribution in [2.24, 2.45) is 11.7 Å². The summed E-state index contributed by atoms with van der Waals surface area (Å²) in [6.07, 6.45) is 0.775. The lowest BCUT2D eigenvalue weighted by Crippen LogP contribution is -2.33. The first-order valence-corrected chi connectivity index (χ1v) is 5.81. The third kappa shape index (κ3) is 3.08. The molecule has 1 aliphatic rings. The van der Waals surface area contributed by atoms with Crippen LogP contribution in [0.15, 0.2) is 0 Å². The second-order valence-electron chi connectivity index (χ2n) is 3.80. The Balaban J connectivity index is 2.39. The van der Waals surface area contributed by atoms with Crippen molar-refractivity contribution in [1.29, 1.82) is 0 Å². The van der Waals surface area contributed by atoms with Gasteiger partial charge < -0.3 is 5.73 Å². The Kier molecular flexibility index (Phi) is 2.75. The molecule has 0 radical (unpaired) electrons. The first kappa shape index (κ1) is 9.95. The number of nitrogens with one attached hydrogen (secondary N) is 1. The second-order valence-corrected chi connectivity index (χ2v) is 5.60. The summed E-state index contributed by atoms with van der Waals surface area (Å²) in [6.45, 7) is 3.76. The Labute approximate surface area is 73.6 Å². The van der Waals surface area contributed by atoms with E-state index in [9.17, 15) is 8.42 Å². The van der Waals surface area contributed by atoms with E-state index in [4.69, 9.17) is 5.73 Å². The summed E-state index contributed by atoms with van der Waals surface area (Å²) in [5, 5.41) is 0. The van der Waals surface area contributed by atoms with Gasteiger partial charge in [0, 0.05) is 12.1 Å². The van der Waals surface area contributed by atoms with Crippen LogP contribution in [0.4, 0.5) is 0 Å². The highest BCUT2D eigenvalue weighted by molar-refractivity contribution is 7.89. The molecular weight excluding hydrogens is 176 g/mol. The van der Waals surface area contributed by atoms with E-state index in [0.29, 0.717) is 0 Å². The average molecular weight is 192 g/mol. The highest BCUT2D eigenvalue weighted by atomic mass is 32.2. The van der Waals surface area contributed by atoms with Gasteiger partial charge in [-0.05, 0) is 12.3 Å². The number of hydrogen-bond donors (Lipinski definition) is 2. The van der Waals surface area contributed by atoms with Gasteiger partial charge >= 0.3 is 0 Å². The van der Waals surface area contributed by atoms with E-state index in [-0.39, 0.29) is 23.8 Å². The maximum Gasteiger partial charge on any atom is 0.212 e. The van der Waals surface area contributed by atoms with E-state index in [2.05, 4.69) is 4.72 Å². The fraction of sp³-hybridized carbons (Fsp3) is 1.00. The molecule has 0 aromatic carbocycles. The molecule has 2 atom stereocenters. The van der Waals surface area contributed by atoms with Crippen LogP contribution in [0.3, 0.4) is 0 Å². The molecule has 0 aromatic rings. The monoisotopic (exact) mass is 192 g/mol. The van der Waals surface area contributed by atoms with Crippen LogP contribution in [0.25, 0.3) is 0 Å². The SMILES string of the molecule is CC(C)CS(=O)(=O)NC1CC1N. The molecule has 1 fully saturated rings. The Morgan fingerprint density at radius 2 is 2.08 bits per heavy atom. The van der Waals surface area contributed by atoms with Gasteiger partial charge in [-0.1, -0.05) is 13.8 Å². The predicted octanol–water partition coefficient (Wildman–Crippen LogP) is -0.339. The lowest BCUT2D eigenvalue weighted by molar-refractivity contribution is 0.566. The van der Waals surface area contributed by atoms with E-state index in [1.807, 2.05) is 13.8 Å².